The predicted molar refractivity (Wildman–Crippen MR) is 113 cm³/mol. The van der Waals surface area contributed by atoms with Gasteiger partial charge in [-0.05, 0) is 42.7 Å². The Labute approximate surface area is 186 Å². The van der Waals surface area contributed by atoms with Crippen LogP contribution in [0.3, 0.4) is 0 Å². The number of nitrogens with zero attached hydrogens (tertiary/aromatic N) is 4. The summed E-state index contributed by atoms with van der Waals surface area (Å²) >= 11 is 0. The van der Waals surface area contributed by atoms with Crippen molar-refractivity contribution in [3.63, 3.8) is 0 Å². The minimum atomic E-state index is -4.68. The Bertz CT molecular complexity index is 1380. The highest BCUT2D eigenvalue weighted by molar-refractivity contribution is 6.01. The fraction of sp³-hybridized carbons (Fsp3) is 0.261. The van der Waals surface area contributed by atoms with Crippen molar-refractivity contribution in [1.29, 1.82) is 0 Å². The highest BCUT2D eigenvalue weighted by Crippen LogP contribution is 2.27. The highest BCUT2D eigenvalue weighted by atomic mass is 19.4. The Morgan fingerprint density at radius 3 is 2.48 bits per heavy atom. The fourth-order valence-corrected chi connectivity index (χ4v) is 3.58. The first kappa shape index (κ1) is 22.4. The highest BCUT2D eigenvalue weighted by Gasteiger charge is 2.37. The molecule has 0 saturated heterocycles. The molecule has 4 rings (SSSR count). The zero-order chi connectivity index (χ0) is 23.8. The number of benzene rings is 2. The van der Waals surface area contributed by atoms with E-state index >= 15 is 0 Å². The number of ether oxygens (including phenoxy) is 1. The molecule has 0 aliphatic carbocycles. The molecule has 0 bridgehead atoms. The number of esters is 1. The molecule has 0 N–H and O–H groups in total. The van der Waals surface area contributed by atoms with Crippen molar-refractivity contribution in [1.82, 2.24) is 19.6 Å². The summed E-state index contributed by atoms with van der Waals surface area (Å²) in [5.41, 5.74) is 1.86. The molecular weight excluding hydrogens is 437 g/mol. The molecule has 0 atom stereocenters. The van der Waals surface area contributed by atoms with Crippen LogP contribution in [0.5, 0.6) is 0 Å². The molecule has 0 saturated carbocycles. The van der Waals surface area contributed by atoms with Crippen LogP contribution in [0.25, 0.3) is 16.6 Å². The SMILES string of the molecule is Cc1nc2nc(C(F)(F)F)nn2c(C)c1CCC(=O)OCC(=O)c1ccc2ccccc2c1. The maximum Gasteiger partial charge on any atom is 0.453 e. The molecule has 0 radical (unpaired) electrons. The molecule has 33 heavy (non-hydrogen) atoms. The molecular formula is C23H19F3N4O3. The third-order valence-corrected chi connectivity index (χ3v) is 5.32. The van der Waals surface area contributed by atoms with E-state index in [9.17, 15) is 22.8 Å². The summed E-state index contributed by atoms with van der Waals surface area (Å²) in [4.78, 5) is 32.1. The molecule has 0 unspecified atom stereocenters. The number of rotatable bonds is 6. The van der Waals surface area contributed by atoms with Crippen LogP contribution >= 0.6 is 0 Å². The van der Waals surface area contributed by atoms with Crippen molar-refractivity contribution in [2.24, 2.45) is 0 Å². The zero-order valence-electron chi connectivity index (χ0n) is 17.8. The second-order valence-electron chi connectivity index (χ2n) is 7.55. The Kier molecular flexibility index (Phi) is 5.84. The molecule has 2 aromatic carbocycles. The summed E-state index contributed by atoms with van der Waals surface area (Å²) in [7, 11) is 0. The molecule has 170 valence electrons. The van der Waals surface area contributed by atoms with Gasteiger partial charge in [0.2, 0.25) is 0 Å². The smallest absolute Gasteiger partial charge is 0.453 e. The molecule has 0 fully saturated rings. The van der Waals surface area contributed by atoms with Gasteiger partial charge in [-0.3, -0.25) is 9.59 Å². The van der Waals surface area contributed by atoms with Crippen molar-refractivity contribution in [3.8, 4) is 0 Å². The van der Waals surface area contributed by atoms with Gasteiger partial charge in [0, 0.05) is 23.4 Å². The van der Waals surface area contributed by atoms with Crippen LogP contribution in [-0.2, 0) is 22.1 Å². The number of fused-ring (bicyclic) bond motifs is 2. The molecule has 0 aliphatic rings. The first-order chi connectivity index (χ1) is 15.6. The molecule has 4 aromatic rings. The lowest BCUT2D eigenvalue weighted by molar-refractivity contribution is -0.145. The molecule has 10 heteroatoms. The van der Waals surface area contributed by atoms with Gasteiger partial charge in [0.25, 0.3) is 11.6 Å². The van der Waals surface area contributed by atoms with Crippen molar-refractivity contribution in [2.45, 2.75) is 32.9 Å². The van der Waals surface area contributed by atoms with Gasteiger partial charge >= 0.3 is 12.1 Å². The number of carbonyl (C=O) groups excluding carboxylic acids is 2. The molecule has 0 aliphatic heterocycles. The Morgan fingerprint density at radius 2 is 1.76 bits per heavy atom. The second kappa shape index (κ2) is 8.61. The fourth-order valence-electron chi connectivity index (χ4n) is 3.58. The van der Waals surface area contributed by atoms with Crippen molar-refractivity contribution >= 4 is 28.3 Å². The topological polar surface area (TPSA) is 86.4 Å². The van der Waals surface area contributed by atoms with Gasteiger partial charge in [-0.15, -0.1) is 5.10 Å². The minimum Gasteiger partial charge on any atom is -0.457 e. The van der Waals surface area contributed by atoms with E-state index in [0.717, 1.165) is 15.3 Å². The number of carbonyl (C=O) groups is 2. The Balaban J connectivity index is 1.40. The zero-order valence-corrected chi connectivity index (χ0v) is 17.8. The normalized spacial score (nSPS) is 11.8. The third kappa shape index (κ3) is 4.69. The summed E-state index contributed by atoms with van der Waals surface area (Å²) in [6, 6.07) is 12.8. The number of Topliss-reactive ketones (excluding diaryl/α,β-unsaturated/α-hetero) is 1. The predicted octanol–water partition coefficient (Wildman–Crippen LogP) is 4.27. The van der Waals surface area contributed by atoms with Crippen LogP contribution in [-0.4, -0.2) is 37.9 Å². The van der Waals surface area contributed by atoms with Crippen LogP contribution in [0, 0.1) is 13.8 Å². The standard InChI is InChI=1S/C23H19F3N4O3/c1-13-18(14(2)30-22(27-13)28-21(29-30)23(24,25)26)9-10-20(32)33-12-19(31)17-8-7-15-5-3-4-6-16(15)11-17/h3-8,11H,9-10,12H2,1-2H3. The van der Waals surface area contributed by atoms with Gasteiger partial charge in [-0.2, -0.15) is 18.2 Å². The lowest BCUT2D eigenvalue weighted by Gasteiger charge is -2.10. The van der Waals surface area contributed by atoms with E-state index in [1.165, 1.54) is 0 Å². The largest absolute Gasteiger partial charge is 0.457 e. The quantitative estimate of drug-likeness (QED) is 0.318. The van der Waals surface area contributed by atoms with E-state index in [2.05, 4.69) is 15.1 Å². The van der Waals surface area contributed by atoms with Crippen LogP contribution in [0.4, 0.5) is 13.2 Å². The van der Waals surface area contributed by atoms with Gasteiger partial charge in [0.1, 0.15) is 0 Å². The second-order valence-corrected chi connectivity index (χ2v) is 7.55. The number of hydrogen-bond donors (Lipinski definition) is 0. The molecule has 0 amide bonds. The van der Waals surface area contributed by atoms with E-state index in [4.69, 9.17) is 4.74 Å². The van der Waals surface area contributed by atoms with Gasteiger partial charge in [0.15, 0.2) is 12.4 Å². The summed E-state index contributed by atoms with van der Waals surface area (Å²) in [6.45, 7) is 2.81. The van der Waals surface area contributed by atoms with E-state index in [1.807, 2.05) is 30.3 Å². The monoisotopic (exact) mass is 456 g/mol. The van der Waals surface area contributed by atoms with Crippen molar-refractivity contribution in [2.75, 3.05) is 6.61 Å². The van der Waals surface area contributed by atoms with Gasteiger partial charge in [-0.25, -0.2) is 9.50 Å². The Hall–Kier alpha value is -3.82. The number of hydrogen-bond acceptors (Lipinski definition) is 6. The van der Waals surface area contributed by atoms with E-state index in [-0.39, 0.29) is 24.4 Å². The molecule has 2 aromatic heterocycles. The maximum atomic E-state index is 12.9. The van der Waals surface area contributed by atoms with Crippen LogP contribution in [0.2, 0.25) is 0 Å². The summed E-state index contributed by atoms with van der Waals surface area (Å²) in [5, 5.41) is 5.39. The average molecular weight is 456 g/mol. The van der Waals surface area contributed by atoms with Crippen molar-refractivity contribution < 1.29 is 27.5 Å². The van der Waals surface area contributed by atoms with E-state index in [0.29, 0.717) is 22.5 Å². The molecule has 2 heterocycles. The number of halogens is 3. The first-order valence-electron chi connectivity index (χ1n) is 10.1. The van der Waals surface area contributed by atoms with Gasteiger partial charge in [0.05, 0.1) is 0 Å². The minimum absolute atomic E-state index is 0.0688. The summed E-state index contributed by atoms with van der Waals surface area (Å²) in [5.74, 6) is -2.37. The molecule has 7 nitrogen and oxygen atoms in total. The lowest BCUT2D eigenvalue weighted by atomic mass is 10.0. The van der Waals surface area contributed by atoms with Crippen molar-refractivity contribution in [3.05, 3.63) is 70.8 Å². The third-order valence-electron chi connectivity index (χ3n) is 5.32. The Morgan fingerprint density at radius 1 is 1.03 bits per heavy atom. The molecule has 0 spiro atoms. The lowest BCUT2D eigenvalue weighted by Crippen LogP contribution is -2.15. The van der Waals surface area contributed by atoms with Crippen LogP contribution < -0.4 is 0 Å². The van der Waals surface area contributed by atoms with Crippen LogP contribution in [0.1, 0.15) is 39.6 Å². The number of ketones is 1. The first-order valence-corrected chi connectivity index (χ1v) is 10.1. The maximum absolute atomic E-state index is 12.9. The van der Waals surface area contributed by atoms with E-state index in [1.54, 1.807) is 26.0 Å². The summed E-state index contributed by atoms with van der Waals surface area (Å²) in [6.07, 6.45) is -4.58. The van der Waals surface area contributed by atoms with Crippen LogP contribution in [0.15, 0.2) is 42.5 Å². The number of aryl methyl sites for hydroxylation is 2. The number of aromatic nitrogens is 4. The van der Waals surface area contributed by atoms with Gasteiger partial charge in [-0.1, -0.05) is 36.4 Å². The number of alkyl halides is 3. The van der Waals surface area contributed by atoms with Gasteiger partial charge < -0.3 is 4.74 Å². The average Bonchev–Trinajstić information content (AvgIpc) is 3.21. The summed E-state index contributed by atoms with van der Waals surface area (Å²) < 4.78 is 44.9. The van der Waals surface area contributed by atoms with E-state index < -0.39 is 24.6 Å².